The Labute approximate surface area is 190 Å². The third-order valence-electron chi connectivity index (χ3n) is 5.02. The van der Waals surface area contributed by atoms with E-state index in [1.807, 2.05) is 61.5 Å². The Hall–Kier alpha value is -3.59. The van der Waals surface area contributed by atoms with Gasteiger partial charge in [-0.3, -0.25) is 10.2 Å². The molecule has 0 saturated carbocycles. The fourth-order valence-electron chi connectivity index (χ4n) is 3.30. The largest absolute Gasteiger partial charge is 0.493 e. The minimum absolute atomic E-state index is 0.0199. The molecule has 0 unspecified atom stereocenters. The molecule has 1 amide bonds. The SMILES string of the molecule is COc1ccc(CC2=NN3C(=N)C(=Cc4ccc(N(C)C)cc4)C(=O)N=C3S2)cc1OC. The van der Waals surface area contributed by atoms with Crippen LogP contribution in [0.3, 0.4) is 0 Å². The lowest BCUT2D eigenvalue weighted by Gasteiger charge is -2.20. The van der Waals surface area contributed by atoms with Crippen molar-refractivity contribution in [1.29, 1.82) is 5.41 Å². The molecular weight excluding hydrogens is 426 g/mol. The molecule has 0 aliphatic carbocycles. The van der Waals surface area contributed by atoms with E-state index >= 15 is 0 Å². The van der Waals surface area contributed by atoms with E-state index in [1.54, 1.807) is 20.3 Å². The van der Waals surface area contributed by atoms with Crippen molar-refractivity contribution in [2.24, 2.45) is 10.1 Å². The summed E-state index contributed by atoms with van der Waals surface area (Å²) < 4.78 is 10.6. The van der Waals surface area contributed by atoms with Crippen molar-refractivity contribution >= 4 is 45.5 Å². The van der Waals surface area contributed by atoms with Crippen molar-refractivity contribution in [2.45, 2.75) is 6.42 Å². The summed E-state index contributed by atoms with van der Waals surface area (Å²) in [7, 11) is 7.11. The van der Waals surface area contributed by atoms with Crippen molar-refractivity contribution in [1.82, 2.24) is 5.01 Å². The smallest absolute Gasteiger partial charge is 0.283 e. The second-order valence-corrected chi connectivity index (χ2v) is 8.41. The summed E-state index contributed by atoms with van der Waals surface area (Å²) in [6.45, 7) is 0. The molecule has 0 spiro atoms. The number of thioether (sulfide) groups is 1. The van der Waals surface area contributed by atoms with Crippen LogP contribution in [0.5, 0.6) is 11.5 Å². The highest BCUT2D eigenvalue weighted by atomic mass is 32.2. The maximum atomic E-state index is 12.6. The van der Waals surface area contributed by atoms with Crippen LogP contribution in [0.15, 0.2) is 58.1 Å². The maximum Gasteiger partial charge on any atom is 0.283 e. The monoisotopic (exact) mass is 449 g/mol. The average Bonchev–Trinajstić information content (AvgIpc) is 3.19. The van der Waals surface area contributed by atoms with Gasteiger partial charge >= 0.3 is 0 Å². The summed E-state index contributed by atoms with van der Waals surface area (Å²) >= 11 is 1.29. The molecule has 2 aromatic carbocycles. The molecular formula is C23H23N5O3S. The predicted octanol–water partition coefficient (Wildman–Crippen LogP) is 3.63. The van der Waals surface area contributed by atoms with Gasteiger partial charge in [0.25, 0.3) is 5.91 Å². The van der Waals surface area contributed by atoms with Crippen LogP contribution in [0.2, 0.25) is 0 Å². The molecule has 32 heavy (non-hydrogen) atoms. The zero-order valence-electron chi connectivity index (χ0n) is 18.2. The average molecular weight is 450 g/mol. The fraction of sp³-hybridized carbons (Fsp3) is 0.217. The summed E-state index contributed by atoms with van der Waals surface area (Å²) in [5.41, 5.74) is 3.06. The highest BCUT2D eigenvalue weighted by molar-refractivity contribution is 8.26. The third-order valence-corrected chi connectivity index (χ3v) is 5.93. The number of anilines is 1. The Bertz CT molecular complexity index is 1170. The molecule has 2 heterocycles. The standard InChI is InChI=1S/C23H23N5O3S/c1-27(2)16-8-5-14(6-9-16)11-17-21(24)28-23(25-22(17)29)32-20(26-28)13-15-7-10-18(30-3)19(12-15)31-4/h5-12,24H,13H2,1-4H3. The molecule has 8 nitrogen and oxygen atoms in total. The zero-order valence-corrected chi connectivity index (χ0v) is 19.1. The number of amidine groups is 2. The second-order valence-electron chi connectivity index (χ2n) is 7.37. The van der Waals surface area contributed by atoms with E-state index in [0.717, 1.165) is 21.9 Å². The first-order valence-corrected chi connectivity index (χ1v) is 10.7. The number of benzene rings is 2. The van der Waals surface area contributed by atoms with E-state index in [0.29, 0.717) is 23.1 Å². The van der Waals surface area contributed by atoms with Gasteiger partial charge in [-0.25, -0.2) is 0 Å². The number of methoxy groups -OCH3 is 2. The summed E-state index contributed by atoms with van der Waals surface area (Å²) in [4.78, 5) is 18.8. The fourth-order valence-corrected chi connectivity index (χ4v) is 4.22. The quantitative estimate of drug-likeness (QED) is 0.678. The molecule has 0 aromatic heterocycles. The summed E-state index contributed by atoms with van der Waals surface area (Å²) in [6.07, 6.45) is 2.20. The van der Waals surface area contributed by atoms with Gasteiger partial charge in [0, 0.05) is 26.2 Å². The van der Waals surface area contributed by atoms with E-state index in [2.05, 4.69) is 10.1 Å². The molecule has 0 bridgehead atoms. The lowest BCUT2D eigenvalue weighted by molar-refractivity contribution is -0.114. The molecule has 0 saturated heterocycles. The Balaban J connectivity index is 1.55. The summed E-state index contributed by atoms with van der Waals surface area (Å²) in [6, 6.07) is 13.4. The number of nitrogens with one attached hydrogen (secondary N) is 1. The number of ether oxygens (including phenoxy) is 2. The van der Waals surface area contributed by atoms with Crippen LogP contribution in [0.1, 0.15) is 11.1 Å². The van der Waals surface area contributed by atoms with Crippen LogP contribution >= 0.6 is 11.8 Å². The molecule has 2 aliphatic heterocycles. The molecule has 2 aromatic rings. The van der Waals surface area contributed by atoms with E-state index in [1.165, 1.54) is 16.8 Å². The van der Waals surface area contributed by atoms with Crippen LogP contribution in [-0.2, 0) is 11.2 Å². The van der Waals surface area contributed by atoms with E-state index in [-0.39, 0.29) is 11.4 Å². The minimum Gasteiger partial charge on any atom is -0.493 e. The Kier molecular flexibility index (Phi) is 6.00. The first-order valence-electron chi connectivity index (χ1n) is 9.87. The third kappa shape index (κ3) is 4.24. The molecule has 1 N–H and O–H groups in total. The molecule has 0 radical (unpaired) electrons. The van der Waals surface area contributed by atoms with Crippen molar-refractivity contribution in [2.75, 3.05) is 33.2 Å². The Morgan fingerprint density at radius 1 is 1.09 bits per heavy atom. The van der Waals surface area contributed by atoms with E-state index < -0.39 is 5.91 Å². The topological polar surface area (TPSA) is 90.6 Å². The normalized spacial score (nSPS) is 16.6. The van der Waals surface area contributed by atoms with E-state index in [4.69, 9.17) is 14.9 Å². The number of rotatable bonds is 6. The van der Waals surface area contributed by atoms with Crippen molar-refractivity contribution in [3.63, 3.8) is 0 Å². The predicted molar refractivity (Wildman–Crippen MR) is 129 cm³/mol. The van der Waals surface area contributed by atoms with Gasteiger partial charge < -0.3 is 14.4 Å². The van der Waals surface area contributed by atoms with Crippen molar-refractivity contribution in [3.05, 3.63) is 59.2 Å². The van der Waals surface area contributed by atoms with Gasteiger partial charge in [-0.05, 0) is 53.2 Å². The highest BCUT2D eigenvalue weighted by Gasteiger charge is 2.35. The number of hydrazone groups is 1. The molecule has 4 rings (SSSR count). The van der Waals surface area contributed by atoms with Crippen LogP contribution in [0, 0.1) is 5.41 Å². The van der Waals surface area contributed by atoms with Gasteiger partial charge in [0.2, 0.25) is 5.17 Å². The van der Waals surface area contributed by atoms with Crippen LogP contribution in [0.4, 0.5) is 5.69 Å². The first-order chi connectivity index (χ1) is 15.4. The number of carbonyl (C=O) groups excluding carboxylic acids is 1. The maximum absolute atomic E-state index is 12.6. The molecule has 9 heteroatoms. The Morgan fingerprint density at radius 3 is 2.47 bits per heavy atom. The number of hydrogen-bond acceptors (Lipinski definition) is 7. The highest BCUT2D eigenvalue weighted by Crippen LogP contribution is 2.32. The van der Waals surface area contributed by atoms with Crippen molar-refractivity contribution < 1.29 is 14.3 Å². The van der Waals surface area contributed by atoms with Gasteiger partial charge in [-0.15, -0.1) is 0 Å². The first kappa shape index (κ1) is 21.6. The minimum atomic E-state index is -0.437. The number of hydrogen-bond donors (Lipinski definition) is 1. The van der Waals surface area contributed by atoms with Gasteiger partial charge in [-0.1, -0.05) is 18.2 Å². The lowest BCUT2D eigenvalue weighted by Crippen LogP contribution is -2.35. The molecule has 2 aliphatic rings. The number of nitrogens with zero attached hydrogens (tertiary/aromatic N) is 4. The number of fused-ring (bicyclic) bond motifs is 1. The zero-order chi connectivity index (χ0) is 22.8. The van der Waals surface area contributed by atoms with Crippen LogP contribution < -0.4 is 14.4 Å². The van der Waals surface area contributed by atoms with Gasteiger partial charge in [0.15, 0.2) is 17.3 Å². The van der Waals surface area contributed by atoms with Gasteiger partial charge in [0.1, 0.15) is 5.04 Å². The molecule has 0 atom stereocenters. The van der Waals surface area contributed by atoms with Gasteiger partial charge in [0.05, 0.1) is 19.8 Å². The second kappa shape index (κ2) is 8.88. The molecule has 164 valence electrons. The van der Waals surface area contributed by atoms with Crippen LogP contribution in [0.25, 0.3) is 6.08 Å². The number of carbonyl (C=O) groups is 1. The summed E-state index contributed by atoms with van der Waals surface area (Å²) in [5.74, 6) is 0.872. The summed E-state index contributed by atoms with van der Waals surface area (Å²) in [5, 5.41) is 15.6. The number of amides is 1. The van der Waals surface area contributed by atoms with Crippen LogP contribution in [-0.4, -0.2) is 55.3 Å². The Morgan fingerprint density at radius 2 is 1.81 bits per heavy atom. The van der Waals surface area contributed by atoms with Crippen molar-refractivity contribution in [3.8, 4) is 11.5 Å². The van der Waals surface area contributed by atoms with E-state index in [9.17, 15) is 4.79 Å². The number of aliphatic imine (C=N–C) groups is 1. The lowest BCUT2D eigenvalue weighted by atomic mass is 10.1. The molecule has 0 fully saturated rings. The van der Waals surface area contributed by atoms with Gasteiger partial charge in [-0.2, -0.15) is 15.1 Å².